The predicted molar refractivity (Wildman–Crippen MR) is 92.1 cm³/mol. The van der Waals surface area contributed by atoms with Crippen LogP contribution >= 0.6 is 0 Å². The van der Waals surface area contributed by atoms with E-state index in [0.717, 1.165) is 32.5 Å². The van der Waals surface area contributed by atoms with Gasteiger partial charge in [0.05, 0.1) is 0 Å². The summed E-state index contributed by atoms with van der Waals surface area (Å²) in [6.45, 7) is 8.87. The highest BCUT2D eigenvalue weighted by molar-refractivity contribution is 5.67. The van der Waals surface area contributed by atoms with E-state index in [1.165, 1.54) is 5.56 Å². The van der Waals surface area contributed by atoms with Crippen LogP contribution in [0.3, 0.4) is 0 Å². The number of amides is 1. The lowest BCUT2D eigenvalue weighted by Gasteiger charge is -2.39. The normalized spacial score (nSPS) is 18.4. The van der Waals surface area contributed by atoms with Crippen molar-refractivity contribution in [3.8, 4) is 0 Å². The van der Waals surface area contributed by atoms with Crippen LogP contribution in [0.1, 0.15) is 39.2 Å². The van der Waals surface area contributed by atoms with E-state index >= 15 is 0 Å². The first-order valence-corrected chi connectivity index (χ1v) is 8.28. The van der Waals surface area contributed by atoms with Gasteiger partial charge >= 0.3 is 6.09 Å². The number of nitrogens with one attached hydrogen (secondary N) is 1. The molecule has 1 fully saturated rings. The van der Waals surface area contributed by atoms with Crippen molar-refractivity contribution in [1.29, 1.82) is 0 Å². The maximum Gasteiger partial charge on any atom is 0.407 e. The van der Waals surface area contributed by atoms with Gasteiger partial charge in [0.1, 0.15) is 5.60 Å². The molecule has 1 aromatic carbocycles. The van der Waals surface area contributed by atoms with E-state index in [-0.39, 0.29) is 5.54 Å². The average Bonchev–Trinajstić information content (AvgIpc) is 2.48. The monoisotopic (exact) mass is 319 g/mol. The van der Waals surface area contributed by atoms with Crippen LogP contribution in [0.25, 0.3) is 0 Å². The van der Waals surface area contributed by atoms with Gasteiger partial charge in [0.2, 0.25) is 0 Å². The molecule has 23 heavy (non-hydrogen) atoms. The molecule has 1 saturated heterocycles. The van der Waals surface area contributed by atoms with Gasteiger partial charge in [-0.1, -0.05) is 30.3 Å². The van der Waals surface area contributed by atoms with Crippen LogP contribution in [-0.4, -0.2) is 41.8 Å². The minimum atomic E-state index is -0.481. The Morgan fingerprint density at radius 2 is 1.87 bits per heavy atom. The Morgan fingerprint density at radius 1 is 1.26 bits per heavy atom. The summed E-state index contributed by atoms with van der Waals surface area (Å²) in [5, 5.41) is 2.81. The first kappa shape index (κ1) is 17.8. The smallest absolute Gasteiger partial charge is 0.407 e. The number of carbonyl (C=O) groups excluding carboxylic acids is 1. The van der Waals surface area contributed by atoms with Crippen molar-refractivity contribution < 1.29 is 9.53 Å². The molecule has 3 N–H and O–H groups in total. The second kappa shape index (κ2) is 7.32. The first-order chi connectivity index (χ1) is 10.8. The minimum absolute atomic E-state index is 0.343. The number of alkyl carbamates (subject to hydrolysis) is 1. The number of nitrogens with zero attached hydrogens (tertiary/aromatic N) is 1. The number of carbonyl (C=O) groups is 1. The molecule has 5 heteroatoms. The molecule has 0 bridgehead atoms. The molecule has 0 aromatic heterocycles. The maximum absolute atomic E-state index is 11.7. The zero-order chi connectivity index (χ0) is 16.9. The molecule has 1 aliphatic rings. The number of hydrogen-bond donors (Lipinski definition) is 2. The molecule has 128 valence electrons. The third kappa shape index (κ3) is 6.20. The lowest BCUT2D eigenvalue weighted by molar-refractivity contribution is 0.0499. The van der Waals surface area contributed by atoms with Gasteiger partial charge < -0.3 is 15.8 Å². The lowest BCUT2D eigenvalue weighted by atomic mass is 9.88. The number of likely N-dealkylation sites (tertiary alicyclic amines) is 1. The summed E-state index contributed by atoms with van der Waals surface area (Å²) in [4.78, 5) is 14.2. The Hall–Kier alpha value is -1.59. The van der Waals surface area contributed by atoms with Crippen molar-refractivity contribution in [3.05, 3.63) is 35.9 Å². The van der Waals surface area contributed by atoms with Crippen molar-refractivity contribution in [1.82, 2.24) is 10.2 Å². The van der Waals surface area contributed by atoms with Crippen LogP contribution in [0.4, 0.5) is 4.79 Å². The van der Waals surface area contributed by atoms with Gasteiger partial charge in [-0.3, -0.25) is 4.90 Å². The summed E-state index contributed by atoms with van der Waals surface area (Å²) in [5.41, 5.74) is 6.93. The molecule has 0 atom stereocenters. The van der Waals surface area contributed by atoms with Crippen molar-refractivity contribution in [2.24, 2.45) is 5.73 Å². The second-order valence-electron chi connectivity index (χ2n) is 7.48. The molecule has 1 aromatic rings. The van der Waals surface area contributed by atoms with Crippen LogP contribution < -0.4 is 11.1 Å². The van der Waals surface area contributed by atoms with Gasteiger partial charge in [-0.25, -0.2) is 4.79 Å². The Balaban J connectivity index is 1.75. The number of rotatable bonds is 4. The highest BCUT2D eigenvalue weighted by Crippen LogP contribution is 2.21. The predicted octanol–water partition coefficient (Wildman–Crippen LogP) is 2.50. The zero-order valence-electron chi connectivity index (χ0n) is 14.5. The third-order valence-corrected chi connectivity index (χ3v) is 4.08. The molecule has 5 nitrogen and oxygen atoms in total. The van der Waals surface area contributed by atoms with E-state index in [4.69, 9.17) is 10.5 Å². The molecule has 0 saturated carbocycles. The molecular weight excluding hydrogens is 290 g/mol. The molecule has 2 rings (SSSR count). The minimum Gasteiger partial charge on any atom is -0.444 e. The molecule has 0 spiro atoms. The number of nitrogens with two attached hydrogens (primary N) is 1. The van der Waals surface area contributed by atoms with Crippen LogP contribution in [-0.2, 0) is 11.3 Å². The molecule has 0 unspecified atom stereocenters. The summed E-state index contributed by atoms with van der Waals surface area (Å²) >= 11 is 0. The summed E-state index contributed by atoms with van der Waals surface area (Å²) in [6, 6.07) is 10.5. The Bertz CT molecular complexity index is 503. The molecule has 1 aliphatic heterocycles. The van der Waals surface area contributed by atoms with E-state index in [1.54, 1.807) is 0 Å². The highest BCUT2D eigenvalue weighted by Gasteiger charge is 2.31. The van der Waals surface area contributed by atoms with Gasteiger partial charge in [0.25, 0.3) is 0 Å². The standard InChI is InChI=1S/C18H29N3O2/c1-17(2,3)23-16(22)20-14-18(19)9-11-21(12-10-18)13-15-7-5-4-6-8-15/h4-8H,9-14,19H2,1-3H3,(H,20,22). The fourth-order valence-electron chi connectivity index (χ4n) is 2.74. The summed E-state index contributed by atoms with van der Waals surface area (Å²) in [6.07, 6.45) is 1.35. The van der Waals surface area contributed by atoms with Crippen molar-refractivity contribution in [3.63, 3.8) is 0 Å². The van der Waals surface area contributed by atoms with E-state index in [1.807, 2.05) is 26.8 Å². The second-order valence-corrected chi connectivity index (χ2v) is 7.48. The first-order valence-electron chi connectivity index (χ1n) is 8.28. The van der Waals surface area contributed by atoms with Gasteiger partial charge in [-0.05, 0) is 39.2 Å². The topological polar surface area (TPSA) is 67.6 Å². The van der Waals surface area contributed by atoms with Crippen molar-refractivity contribution in [2.75, 3.05) is 19.6 Å². The quantitative estimate of drug-likeness (QED) is 0.895. The molecule has 0 aliphatic carbocycles. The Kier molecular flexibility index (Phi) is 5.65. The molecule has 1 heterocycles. The highest BCUT2D eigenvalue weighted by atomic mass is 16.6. The average molecular weight is 319 g/mol. The molecular formula is C18H29N3O2. The number of piperidine rings is 1. The Labute approximate surface area is 139 Å². The largest absolute Gasteiger partial charge is 0.444 e. The van der Waals surface area contributed by atoms with E-state index in [0.29, 0.717) is 6.54 Å². The van der Waals surface area contributed by atoms with Crippen LogP contribution in [0.15, 0.2) is 30.3 Å². The third-order valence-electron chi connectivity index (χ3n) is 4.08. The van der Waals surface area contributed by atoms with E-state index in [2.05, 4.69) is 34.5 Å². The molecule has 1 amide bonds. The fraction of sp³-hybridized carbons (Fsp3) is 0.611. The number of hydrogen-bond acceptors (Lipinski definition) is 4. The van der Waals surface area contributed by atoms with Crippen LogP contribution in [0.2, 0.25) is 0 Å². The summed E-state index contributed by atoms with van der Waals surface area (Å²) < 4.78 is 5.26. The summed E-state index contributed by atoms with van der Waals surface area (Å²) in [7, 11) is 0. The Morgan fingerprint density at radius 3 is 2.43 bits per heavy atom. The van der Waals surface area contributed by atoms with E-state index in [9.17, 15) is 4.79 Å². The van der Waals surface area contributed by atoms with Crippen LogP contribution in [0.5, 0.6) is 0 Å². The van der Waals surface area contributed by atoms with Gasteiger partial charge in [-0.2, -0.15) is 0 Å². The number of benzene rings is 1. The van der Waals surface area contributed by atoms with Crippen molar-refractivity contribution in [2.45, 2.75) is 51.3 Å². The van der Waals surface area contributed by atoms with E-state index < -0.39 is 11.7 Å². The van der Waals surface area contributed by atoms with Crippen molar-refractivity contribution >= 4 is 6.09 Å². The van der Waals surface area contributed by atoms with Gasteiger partial charge in [-0.15, -0.1) is 0 Å². The van der Waals surface area contributed by atoms with Gasteiger partial charge in [0, 0.05) is 31.7 Å². The fourth-order valence-corrected chi connectivity index (χ4v) is 2.74. The number of ether oxygens (including phenoxy) is 1. The zero-order valence-corrected chi connectivity index (χ0v) is 14.5. The molecule has 0 radical (unpaired) electrons. The lowest BCUT2D eigenvalue weighted by Crippen LogP contribution is -2.56. The van der Waals surface area contributed by atoms with Crippen LogP contribution in [0, 0.1) is 0 Å². The summed E-state index contributed by atoms with van der Waals surface area (Å²) in [5.74, 6) is 0. The maximum atomic E-state index is 11.7. The van der Waals surface area contributed by atoms with Gasteiger partial charge in [0.15, 0.2) is 0 Å². The SMILES string of the molecule is CC(C)(C)OC(=O)NCC1(N)CCN(Cc2ccccc2)CC1.